The van der Waals surface area contributed by atoms with Gasteiger partial charge in [-0.3, -0.25) is 9.89 Å². The fourth-order valence-corrected chi connectivity index (χ4v) is 4.15. The predicted molar refractivity (Wildman–Crippen MR) is 144 cm³/mol. The van der Waals surface area contributed by atoms with E-state index in [1.54, 1.807) is 7.11 Å². The summed E-state index contributed by atoms with van der Waals surface area (Å²) in [6.07, 6.45) is 2.53. The van der Waals surface area contributed by atoms with Crippen molar-refractivity contribution in [2.45, 2.75) is 32.0 Å². The maximum Gasteiger partial charge on any atom is 0.191 e. The van der Waals surface area contributed by atoms with Crippen LogP contribution in [0.4, 0.5) is 0 Å². The van der Waals surface area contributed by atoms with Crippen LogP contribution < -0.4 is 15.4 Å². The van der Waals surface area contributed by atoms with Crippen molar-refractivity contribution < 1.29 is 4.74 Å². The summed E-state index contributed by atoms with van der Waals surface area (Å²) < 4.78 is 5.34. The van der Waals surface area contributed by atoms with Gasteiger partial charge in [0.05, 0.1) is 13.2 Å². The molecule has 6 nitrogen and oxygen atoms in total. The molecule has 1 fully saturated rings. The van der Waals surface area contributed by atoms with Gasteiger partial charge in [-0.1, -0.05) is 36.4 Å². The van der Waals surface area contributed by atoms with Crippen LogP contribution in [-0.4, -0.2) is 63.6 Å². The van der Waals surface area contributed by atoms with Crippen LogP contribution in [0.2, 0.25) is 0 Å². The molecule has 3 rings (SSSR count). The van der Waals surface area contributed by atoms with Gasteiger partial charge in [0.2, 0.25) is 0 Å². The first kappa shape index (κ1) is 26.4. The summed E-state index contributed by atoms with van der Waals surface area (Å²) in [5.74, 6) is 1.73. The van der Waals surface area contributed by atoms with Crippen molar-refractivity contribution in [1.82, 2.24) is 20.4 Å². The summed E-state index contributed by atoms with van der Waals surface area (Å²) >= 11 is 0. The molecule has 176 valence electrons. The first-order valence-corrected chi connectivity index (χ1v) is 11.1. The third-order valence-electron chi connectivity index (χ3n) is 5.82. The number of methoxy groups -OCH3 is 1. The van der Waals surface area contributed by atoms with Crippen LogP contribution in [0.5, 0.6) is 5.75 Å². The molecule has 0 radical (unpaired) electrons. The lowest BCUT2D eigenvalue weighted by Crippen LogP contribution is -2.42. The minimum Gasteiger partial charge on any atom is -0.497 e. The van der Waals surface area contributed by atoms with Crippen LogP contribution in [0.15, 0.2) is 53.5 Å². The maximum absolute atomic E-state index is 5.34. The average Bonchev–Trinajstić information content (AvgIpc) is 3.31. The Kier molecular flexibility index (Phi) is 11.3. The minimum atomic E-state index is 0. The molecule has 2 aromatic carbocycles. The van der Waals surface area contributed by atoms with Crippen molar-refractivity contribution >= 4 is 29.9 Å². The Bertz CT molecular complexity index is 834. The van der Waals surface area contributed by atoms with Gasteiger partial charge in [-0.2, -0.15) is 0 Å². The number of nitrogens with zero attached hydrogens (tertiary/aromatic N) is 3. The molecule has 0 saturated carbocycles. The zero-order valence-electron chi connectivity index (χ0n) is 19.8. The fourth-order valence-electron chi connectivity index (χ4n) is 4.15. The number of hydrogen-bond donors (Lipinski definition) is 2. The van der Waals surface area contributed by atoms with E-state index >= 15 is 0 Å². The van der Waals surface area contributed by atoms with Crippen LogP contribution in [0.1, 0.15) is 35.6 Å². The standard InChI is InChI=1S/C25H37N5O.HI/c1-26-25(27-17-21-9-5-6-10-22(21)19-29(2)3)28-18-24(30-15-7-8-16-30)20-11-13-23(31-4)14-12-20;/h5-6,9-14,24H,7-8,15-19H2,1-4H3,(H2,26,27,28);1H. The Labute approximate surface area is 210 Å². The van der Waals surface area contributed by atoms with Crippen LogP contribution in [0.3, 0.4) is 0 Å². The van der Waals surface area contributed by atoms with E-state index in [-0.39, 0.29) is 24.0 Å². The highest BCUT2D eigenvalue weighted by Gasteiger charge is 2.23. The van der Waals surface area contributed by atoms with Crippen LogP contribution in [0.25, 0.3) is 0 Å². The predicted octanol–water partition coefficient (Wildman–Crippen LogP) is 3.88. The van der Waals surface area contributed by atoms with E-state index in [9.17, 15) is 0 Å². The highest BCUT2D eigenvalue weighted by molar-refractivity contribution is 14.0. The highest BCUT2D eigenvalue weighted by Crippen LogP contribution is 2.26. The van der Waals surface area contributed by atoms with Crippen molar-refractivity contribution in [3.63, 3.8) is 0 Å². The largest absolute Gasteiger partial charge is 0.497 e. The van der Waals surface area contributed by atoms with Crippen molar-refractivity contribution in [1.29, 1.82) is 0 Å². The van der Waals surface area contributed by atoms with Crippen molar-refractivity contribution in [2.75, 3.05) is 47.9 Å². The molecular weight excluding hydrogens is 513 g/mol. The Hall–Kier alpha value is -1.84. The van der Waals surface area contributed by atoms with Gasteiger partial charge < -0.3 is 20.3 Å². The van der Waals surface area contributed by atoms with Gasteiger partial charge in [-0.15, -0.1) is 24.0 Å². The number of benzene rings is 2. The Morgan fingerprint density at radius 2 is 1.69 bits per heavy atom. The number of halogens is 1. The van der Waals surface area contributed by atoms with E-state index in [4.69, 9.17) is 4.74 Å². The lowest BCUT2D eigenvalue weighted by atomic mass is 10.1. The molecule has 0 bridgehead atoms. The molecule has 0 amide bonds. The third-order valence-corrected chi connectivity index (χ3v) is 5.82. The SMILES string of the molecule is CN=C(NCc1ccccc1CN(C)C)NCC(c1ccc(OC)cc1)N1CCCC1.I. The van der Waals surface area contributed by atoms with Crippen molar-refractivity contribution in [2.24, 2.45) is 4.99 Å². The zero-order chi connectivity index (χ0) is 22.1. The summed E-state index contributed by atoms with van der Waals surface area (Å²) in [5.41, 5.74) is 3.94. The van der Waals surface area contributed by atoms with Gasteiger partial charge in [-0.05, 0) is 68.8 Å². The van der Waals surface area contributed by atoms with Gasteiger partial charge in [-0.25, -0.2) is 0 Å². The van der Waals surface area contributed by atoms with E-state index in [1.807, 2.05) is 19.2 Å². The van der Waals surface area contributed by atoms with Gasteiger partial charge in [0, 0.05) is 26.7 Å². The molecule has 1 saturated heterocycles. The highest BCUT2D eigenvalue weighted by atomic mass is 127. The number of hydrogen-bond acceptors (Lipinski definition) is 4. The zero-order valence-corrected chi connectivity index (χ0v) is 22.1. The number of nitrogens with one attached hydrogen (secondary N) is 2. The first-order valence-electron chi connectivity index (χ1n) is 11.1. The number of likely N-dealkylation sites (tertiary alicyclic amines) is 1. The quantitative estimate of drug-likeness (QED) is 0.282. The maximum atomic E-state index is 5.34. The number of guanidine groups is 1. The molecule has 32 heavy (non-hydrogen) atoms. The van der Waals surface area contributed by atoms with Gasteiger partial charge >= 0.3 is 0 Å². The smallest absolute Gasteiger partial charge is 0.191 e. The monoisotopic (exact) mass is 551 g/mol. The van der Waals surface area contributed by atoms with E-state index < -0.39 is 0 Å². The summed E-state index contributed by atoms with van der Waals surface area (Å²) in [5, 5.41) is 7.06. The molecule has 2 N–H and O–H groups in total. The normalized spacial score (nSPS) is 15.3. The van der Waals surface area contributed by atoms with Gasteiger partial charge in [0.25, 0.3) is 0 Å². The molecule has 2 aromatic rings. The molecule has 1 aliphatic rings. The van der Waals surface area contributed by atoms with Gasteiger partial charge in [0.15, 0.2) is 5.96 Å². The van der Waals surface area contributed by atoms with Gasteiger partial charge in [0.1, 0.15) is 5.75 Å². The molecule has 1 atom stereocenters. The summed E-state index contributed by atoms with van der Waals surface area (Å²) in [7, 11) is 7.74. The van der Waals surface area contributed by atoms with Crippen LogP contribution in [0, 0.1) is 0 Å². The molecular formula is C25H38IN5O. The first-order chi connectivity index (χ1) is 15.1. The molecule has 0 aliphatic carbocycles. The lowest BCUT2D eigenvalue weighted by Gasteiger charge is -2.29. The second-order valence-electron chi connectivity index (χ2n) is 8.35. The second-order valence-corrected chi connectivity index (χ2v) is 8.35. The van der Waals surface area contributed by atoms with E-state index in [2.05, 4.69) is 75.9 Å². The average molecular weight is 552 g/mol. The minimum absolute atomic E-state index is 0. The summed E-state index contributed by atoms with van der Waals surface area (Å²) in [4.78, 5) is 9.22. The molecule has 0 spiro atoms. The third kappa shape index (κ3) is 7.64. The van der Waals surface area contributed by atoms with E-state index in [0.717, 1.165) is 44.4 Å². The summed E-state index contributed by atoms with van der Waals surface area (Å²) in [6, 6.07) is 17.3. The second kappa shape index (κ2) is 13.6. The fraction of sp³-hybridized carbons (Fsp3) is 0.480. The number of ether oxygens (including phenoxy) is 1. The summed E-state index contributed by atoms with van der Waals surface area (Å²) in [6.45, 7) is 4.77. The van der Waals surface area contributed by atoms with Crippen LogP contribution in [-0.2, 0) is 13.1 Å². The van der Waals surface area contributed by atoms with Crippen LogP contribution >= 0.6 is 24.0 Å². The van der Waals surface area contributed by atoms with E-state index in [1.165, 1.54) is 29.5 Å². The van der Waals surface area contributed by atoms with E-state index in [0.29, 0.717) is 6.04 Å². The Balaban J connectivity index is 0.00000363. The number of aliphatic imine (C=N–C) groups is 1. The molecule has 1 aliphatic heterocycles. The molecule has 1 heterocycles. The topological polar surface area (TPSA) is 52.1 Å². The molecule has 7 heteroatoms. The Morgan fingerprint density at radius 3 is 2.28 bits per heavy atom. The molecule has 0 aromatic heterocycles. The number of rotatable bonds is 9. The molecule has 1 unspecified atom stereocenters. The van der Waals surface area contributed by atoms with Crippen molar-refractivity contribution in [3.8, 4) is 5.75 Å². The lowest BCUT2D eigenvalue weighted by molar-refractivity contribution is 0.245. The Morgan fingerprint density at radius 1 is 1.03 bits per heavy atom. The van der Waals surface area contributed by atoms with Crippen molar-refractivity contribution in [3.05, 3.63) is 65.2 Å².